The molecule has 0 aliphatic heterocycles. The van der Waals surface area contributed by atoms with E-state index in [0.29, 0.717) is 24.2 Å². The minimum Gasteiger partial charge on any atom is -0.367 e. The second-order valence-corrected chi connectivity index (χ2v) is 11.7. The average molecular weight is 571 g/mol. The first kappa shape index (κ1) is 31.9. The summed E-state index contributed by atoms with van der Waals surface area (Å²) >= 11 is 0. The number of hydrogen-bond acceptors (Lipinski definition) is 1. The number of rotatable bonds is 17. The molecule has 2 atom stereocenters. The zero-order valence-corrected chi connectivity index (χ0v) is 25.6. The van der Waals surface area contributed by atoms with Crippen LogP contribution < -0.4 is 0 Å². The van der Waals surface area contributed by atoms with Gasteiger partial charge in [-0.1, -0.05) is 163 Å². The number of halogens is 2. The van der Waals surface area contributed by atoms with E-state index in [1.54, 1.807) is 6.08 Å². The molecular weight excluding hydrogens is 522 g/mol. The Morgan fingerprint density at radius 2 is 1.07 bits per heavy atom. The van der Waals surface area contributed by atoms with Gasteiger partial charge in [0.2, 0.25) is 0 Å². The van der Waals surface area contributed by atoms with E-state index in [-0.39, 0.29) is 0 Å². The zero-order chi connectivity index (χ0) is 29.6. The van der Waals surface area contributed by atoms with Crippen LogP contribution >= 0.6 is 0 Å². The Labute approximate surface area is 252 Å². The summed E-state index contributed by atoms with van der Waals surface area (Å²) in [6.07, 6.45) is 14.4. The van der Waals surface area contributed by atoms with Gasteiger partial charge in [0.15, 0.2) is 6.17 Å². The first-order valence-electron chi connectivity index (χ1n) is 16.2. The SMILES string of the molecule is CCCCCCCCC1(OCCCCCCC)C=CC(c2ccc(-c3ccc(-c4ccccc4)cc3)cc2)=C(F)C1F. The number of alkyl halides is 1. The van der Waals surface area contributed by atoms with Crippen LogP contribution in [0.15, 0.2) is 96.8 Å². The standard InChI is InChI=1S/C39H48F2O/c1-3-5-7-9-10-15-28-39(42-30-16-11-8-6-4-2)29-27-36(37(40)38(39)41)35-25-23-34(24-26-35)33-21-19-32(20-22-33)31-17-13-12-14-18-31/h12-14,17-27,29,38H,3-11,15-16,28,30H2,1-2H3. The molecule has 224 valence electrons. The summed E-state index contributed by atoms with van der Waals surface area (Å²) in [5.74, 6) is -0.713. The third kappa shape index (κ3) is 8.51. The Bertz CT molecular complexity index is 1240. The summed E-state index contributed by atoms with van der Waals surface area (Å²) in [6.45, 7) is 4.86. The fraction of sp³-hybridized carbons (Fsp3) is 0.436. The van der Waals surface area contributed by atoms with Crippen LogP contribution in [0.3, 0.4) is 0 Å². The topological polar surface area (TPSA) is 9.23 Å². The minimum atomic E-state index is -1.80. The number of unbranched alkanes of at least 4 members (excludes halogenated alkanes) is 9. The van der Waals surface area contributed by atoms with Crippen LogP contribution in [0.2, 0.25) is 0 Å². The molecule has 0 aromatic heterocycles. The molecule has 42 heavy (non-hydrogen) atoms. The van der Waals surface area contributed by atoms with Gasteiger partial charge in [0.25, 0.3) is 0 Å². The first-order valence-corrected chi connectivity index (χ1v) is 16.2. The fourth-order valence-corrected chi connectivity index (χ4v) is 5.85. The van der Waals surface area contributed by atoms with Crippen molar-refractivity contribution in [3.63, 3.8) is 0 Å². The van der Waals surface area contributed by atoms with E-state index in [4.69, 9.17) is 4.74 Å². The Balaban J connectivity index is 1.44. The van der Waals surface area contributed by atoms with E-state index < -0.39 is 17.6 Å². The molecule has 0 radical (unpaired) electrons. The summed E-state index contributed by atoms with van der Waals surface area (Å²) in [7, 11) is 0. The lowest BCUT2D eigenvalue weighted by Gasteiger charge is -2.36. The van der Waals surface area contributed by atoms with Crippen molar-refractivity contribution in [3.8, 4) is 22.3 Å². The molecule has 4 rings (SSSR count). The van der Waals surface area contributed by atoms with Gasteiger partial charge in [-0.2, -0.15) is 0 Å². The highest BCUT2D eigenvalue weighted by Gasteiger charge is 2.44. The smallest absolute Gasteiger partial charge is 0.184 e. The fourth-order valence-electron chi connectivity index (χ4n) is 5.85. The van der Waals surface area contributed by atoms with Crippen molar-refractivity contribution >= 4 is 5.57 Å². The van der Waals surface area contributed by atoms with Crippen molar-refractivity contribution in [3.05, 3.63) is 102 Å². The Kier molecular flexibility index (Phi) is 12.6. The molecule has 0 N–H and O–H groups in total. The molecule has 1 nitrogen and oxygen atoms in total. The van der Waals surface area contributed by atoms with Gasteiger partial charge in [-0.15, -0.1) is 0 Å². The van der Waals surface area contributed by atoms with Crippen LogP contribution in [0.5, 0.6) is 0 Å². The first-order chi connectivity index (χ1) is 20.6. The molecule has 3 heteroatoms. The Morgan fingerprint density at radius 1 is 0.595 bits per heavy atom. The lowest BCUT2D eigenvalue weighted by Crippen LogP contribution is -2.43. The second kappa shape index (κ2) is 16.6. The second-order valence-electron chi connectivity index (χ2n) is 11.7. The van der Waals surface area contributed by atoms with E-state index in [9.17, 15) is 0 Å². The maximum atomic E-state index is 16.0. The van der Waals surface area contributed by atoms with Gasteiger partial charge in [0, 0.05) is 12.2 Å². The molecular formula is C39H48F2O. The summed E-state index contributed by atoms with van der Waals surface area (Å²) < 4.78 is 38.0. The quantitative estimate of drug-likeness (QED) is 0.147. The maximum Gasteiger partial charge on any atom is 0.184 e. The molecule has 1 aliphatic carbocycles. The zero-order valence-electron chi connectivity index (χ0n) is 25.6. The van der Waals surface area contributed by atoms with Crippen LogP contribution in [-0.4, -0.2) is 18.4 Å². The van der Waals surface area contributed by atoms with Crippen LogP contribution in [0.1, 0.15) is 96.5 Å². The van der Waals surface area contributed by atoms with Gasteiger partial charge in [0.05, 0.1) is 0 Å². The van der Waals surface area contributed by atoms with Gasteiger partial charge in [0.1, 0.15) is 11.4 Å². The lowest BCUT2D eigenvalue weighted by molar-refractivity contribution is -0.0651. The predicted octanol–water partition coefficient (Wildman–Crippen LogP) is 12.1. The van der Waals surface area contributed by atoms with Crippen molar-refractivity contribution in [1.29, 1.82) is 0 Å². The molecule has 0 spiro atoms. The van der Waals surface area contributed by atoms with Crippen LogP contribution in [0, 0.1) is 0 Å². The van der Waals surface area contributed by atoms with Gasteiger partial charge in [-0.05, 0) is 46.7 Å². The number of hydrogen-bond donors (Lipinski definition) is 0. The lowest BCUT2D eigenvalue weighted by atomic mass is 9.82. The van der Waals surface area contributed by atoms with E-state index in [1.165, 1.54) is 37.7 Å². The highest BCUT2D eigenvalue weighted by Crippen LogP contribution is 2.41. The monoisotopic (exact) mass is 570 g/mol. The summed E-state index contributed by atoms with van der Waals surface area (Å²) in [5, 5.41) is 0. The molecule has 0 saturated carbocycles. The predicted molar refractivity (Wildman–Crippen MR) is 175 cm³/mol. The third-order valence-corrected chi connectivity index (χ3v) is 8.50. The van der Waals surface area contributed by atoms with Crippen LogP contribution in [0.4, 0.5) is 8.78 Å². The minimum absolute atomic E-state index is 0.318. The normalized spacial score (nSPS) is 18.5. The van der Waals surface area contributed by atoms with Gasteiger partial charge in [-0.3, -0.25) is 0 Å². The number of ether oxygens (including phenoxy) is 1. The Hall–Kier alpha value is -3.04. The van der Waals surface area contributed by atoms with E-state index in [0.717, 1.165) is 55.2 Å². The molecule has 1 aliphatic rings. The maximum absolute atomic E-state index is 16.0. The summed E-state index contributed by atoms with van der Waals surface area (Å²) in [6, 6.07) is 26.5. The summed E-state index contributed by atoms with van der Waals surface area (Å²) in [4.78, 5) is 0. The molecule has 0 heterocycles. The summed E-state index contributed by atoms with van der Waals surface area (Å²) in [5.41, 5.74) is 4.26. The highest BCUT2D eigenvalue weighted by molar-refractivity contribution is 5.80. The molecule has 0 bridgehead atoms. The molecule has 3 aromatic rings. The van der Waals surface area contributed by atoms with Gasteiger partial charge in [-0.25, -0.2) is 8.78 Å². The van der Waals surface area contributed by atoms with Crippen molar-refractivity contribution < 1.29 is 13.5 Å². The van der Waals surface area contributed by atoms with Gasteiger partial charge >= 0.3 is 0 Å². The Morgan fingerprint density at radius 3 is 1.64 bits per heavy atom. The molecule has 0 fully saturated rings. The van der Waals surface area contributed by atoms with Crippen molar-refractivity contribution in [1.82, 2.24) is 0 Å². The highest BCUT2D eigenvalue weighted by atomic mass is 19.2. The molecule has 3 aromatic carbocycles. The molecule has 0 saturated heterocycles. The van der Waals surface area contributed by atoms with Gasteiger partial charge < -0.3 is 4.74 Å². The largest absolute Gasteiger partial charge is 0.367 e. The van der Waals surface area contributed by atoms with Crippen LogP contribution in [0.25, 0.3) is 27.8 Å². The molecule has 0 amide bonds. The number of allylic oxidation sites excluding steroid dienone is 2. The van der Waals surface area contributed by atoms with Crippen molar-refractivity contribution in [2.75, 3.05) is 6.61 Å². The molecule has 2 unspecified atom stereocenters. The van der Waals surface area contributed by atoms with Crippen molar-refractivity contribution in [2.24, 2.45) is 0 Å². The van der Waals surface area contributed by atoms with E-state index >= 15 is 8.78 Å². The van der Waals surface area contributed by atoms with Crippen molar-refractivity contribution in [2.45, 2.75) is 103 Å². The van der Waals surface area contributed by atoms with Crippen LogP contribution in [-0.2, 0) is 4.74 Å². The number of benzene rings is 3. The van der Waals surface area contributed by atoms with E-state index in [2.05, 4.69) is 50.2 Å². The third-order valence-electron chi connectivity index (χ3n) is 8.50. The average Bonchev–Trinajstić information content (AvgIpc) is 3.04. The van der Waals surface area contributed by atoms with E-state index in [1.807, 2.05) is 48.5 Å².